The lowest BCUT2D eigenvalue weighted by molar-refractivity contribution is 0.0315. The van der Waals surface area contributed by atoms with Crippen molar-refractivity contribution in [1.29, 1.82) is 0 Å². The van der Waals surface area contributed by atoms with Crippen molar-refractivity contribution >= 4 is 0 Å². The van der Waals surface area contributed by atoms with Crippen molar-refractivity contribution in [2.75, 3.05) is 20.1 Å². The highest BCUT2D eigenvalue weighted by Gasteiger charge is 2.26. The number of hydrogen-bond acceptors (Lipinski definition) is 3. The molecule has 2 fully saturated rings. The van der Waals surface area contributed by atoms with E-state index in [1.165, 1.54) is 45.1 Å². The Morgan fingerprint density at radius 3 is 2.35 bits per heavy atom. The molecule has 3 atom stereocenters. The van der Waals surface area contributed by atoms with Gasteiger partial charge in [-0.25, -0.2) is 5.01 Å². The first-order chi connectivity index (χ1) is 8.18. The molecule has 0 radical (unpaired) electrons. The summed E-state index contributed by atoms with van der Waals surface area (Å²) < 4.78 is 0. The lowest BCUT2D eigenvalue weighted by Gasteiger charge is -2.41. The van der Waals surface area contributed by atoms with Crippen LogP contribution in [0.3, 0.4) is 0 Å². The summed E-state index contributed by atoms with van der Waals surface area (Å²) in [6.45, 7) is 7.11. The average molecular weight is 239 g/mol. The van der Waals surface area contributed by atoms with Gasteiger partial charge in [0.25, 0.3) is 0 Å². The van der Waals surface area contributed by atoms with Crippen LogP contribution in [-0.4, -0.2) is 48.2 Å². The van der Waals surface area contributed by atoms with Gasteiger partial charge >= 0.3 is 0 Å². The fraction of sp³-hybridized carbons (Fsp3) is 1.00. The smallest absolute Gasteiger partial charge is 0.0259 e. The maximum atomic E-state index is 3.71. The quantitative estimate of drug-likeness (QED) is 0.815. The van der Waals surface area contributed by atoms with Crippen LogP contribution < -0.4 is 5.43 Å². The molecule has 2 aliphatic rings. The number of likely N-dealkylation sites (tertiary alicyclic amines) is 1. The highest BCUT2D eigenvalue weighted by atomic mass is 15.5. The van der Waals surface area contributed by atoms with Gasteiger partial charge in [0.15, 0.2) is 0 Å². The van der Waals surface area contributed by atoms with E-state index in [0.717, 1.165) is 12.6 Å². The Balaban J connectivity index is 1.79. The van der Waals surface area contributed by atoms with Crippen LogP contribution in [0.5, 0.6) is 0 Å². The van der Waals surface area contributed by atoms with Crippen LogP contribution in [0.2, 0.25) is 0 Å². The van der Waals surface area contributed by atoms with Crippen LogP contribution in [0.1, 0.15) is 52.4 Å². The maximum absolute atomic E-state index is 3.71. The number of piperidine rings is 2. The molecule has 2 saturated heterocycles. The molecule has 0 aromatic rings. The summed E-state index contributed by atoms with van der Waals surface area (Å²) in [5.41, 5.74) is 3.71. The van der Waals surface area contributed by atoms with E-state index >= 15 is 0 Å². The van der Waals surface area contributed by atoms with Crippen molar-refractivity contribution in [3.63, 3.8) is 0 Å². The molecule has 3 nitrogen and oxygen atoms in total. The Morgan fingerprint density at radius 1 is 1.00 bits per heavy atom. The van der Waals surface area contributed by atoms with E-state index in [4.69, 9.17) is 0 Å². The third kappa shape index (κ3) is 3.43. The minimum absolute atomic E-state index is 0.702. The highest BCUT2D eigenvalue weighted by molar-refractivity contribution is 4.80. The van der Waals surface area contributed by atoms with Gasteiger partial charge in [-0.3, -0.25) is 5.43 Å². The molecular weight excluding hydrogens is 210 g/mol. The van der Waals surface area contributed by atoms with Gasteiger partial charge in [-0.1, -0.05) is 12.8 Å². The van der Waals surface area contributed by atoms with E-state index in [9.17, 15) is 0 Å². The van der Waals surface area contributed by atoms with E-state index in [2.05, 4.69) is 36.2 Å². The summed E-state index contributed by atoms with van der Waals surface area (Å²) in [7, 11) is 2.27. The van der Waals surface area contributed by atoms with Crippen molar-refractivity contribution in [1.82, 2.24) is 15.3 Å². The monoisotopic (exact) mass is 239 g/mol. The summed E-state index contributed by atoms with van der Waals surface area (Å²) >= 11 is 0. The minimum atomic E-state index is 0.702. The summed E-state index contributed by atoms with van der Waals surface area (Å²) in [5.74, 6) is 0. The standard InChI is InChI=1S/C14H29N3/c1-12-7-6-8-13(2)17(12)15-11-14-9-4-5-10-16(14)3/h12-15H,4-11H2,1-3H3. The highest BCUT2D eigenvalue weighted by Crippen LogP contribution is 2.21. The molecule has 2 heterocycles. The van der Waals surface area contributed by atoms with Crippen molar-refractivity contribution in [3.8, 4) is 0 Å². The first-order valence-corrected chi connectivity index (χ1v) is 7.40. The zero-order valence-electron chi connectivity index (χ0n) is 11.8. The van der Waals surface area contributed by atoms with Gasteiger partial charge in [-0.05, 0) is 53.1 Å². The second-order valence-corrected chi connectivity index (χ2v) is 6.03. The number of hydrazine groups is 1. The summed E-state index contributed by atoms with van der Waals surface area (Å²) in [5, 5.41) is 2.51. The topological polar surface area (TPSA) is 18.5 Å². The predicted octanol–water partition coefficient (Wildman–Crippen LogP) is 2.24. The molecule has 2 aliphatic heterocycles. The zero-order chi connectivity index (χ0) is 12.3. The first kappa shape index (κ1) is 13.3. The predicted molar refractivity (Wildman–Crippen MR) is 72.9 cm³/mol. The number of hydrogen-bond donors (Lipinski definition) is 1. The summed E-state index contributed by atoms with van der Waals surface area (Å²) in [4.78, 5) is 2.52. The van der Waals surface area contributed by atoms with Crippen LogP contribution in [0.25, 0.3) is 0 Å². The SMILES string of the molecule is CC1CCCC(C)N1NCC1CCCCN1C. The van der Waals surface area contributed by atoms with Crippen LogP contribution in [0.4, 0.5) is 0 Å². The average Bonchev–Trinajstić information content (AvgIpc) is 2.30. The Morgan fingerprint density at radius 2 is 1.71 bits per heavy atom. The molecule has 3 unspecified atom stereocenters. The van der Waals surface area contributed by atoms with Crippen LogP contribution in [-0.2, 0) is 0 Å². The van der Waals surface area contributed by atoms with Gasteiger partial charge in [0, 0.05) is 24.7 Å². The molecule has 0 amide bonds. The minimum Gasteiger partial charge on any atom is -0.302 e. The molecule has 0 bridgehead atoms. The second-order valence-electron chi connectivity index (χ2n) is 6.03. The molecule has 100 valence electrons. The maximum Gasteiger partial charge on any atom is 0.0259 e. The lowest BCUT2D eigenvalue weighted by Crippen LogP contribution is -2.55. The Hall–Kier alpha value is -0.120. The largest absolute Gasteiger partial charge is 0.302 e. The molecule has 17 heavy (non-hydrogen) atoms. The molecule has 3 heteroatoms. The molecule has 1 N–H and O–H groups in total. The fourth-order valence-electron chi connectivity index (χ4n) is 3.35. The van der Waals surface area contributed by atoms with Crippen LogP contribution in [0, 0.1) is 0 Å². The number of likely N-dealkylation sites (N-methyl/N-ethyl adjacent to an activating group) is 1. The van der Waals surface area contributed by atoms with Crippen molar-refractivity contribution in [2.24, 2.45) is 0 Å². The zero-order valence-corrected chi connectivity index (χ0v) is 11.8. The van der Waals surface area contributed by atoms with Gasteiger partial charge < -0.3 is 4.90 Å². The van der Waals surface area contributed by atoms with Crippen molar-refractivity contribution in [2.45, 2.75) is 70.5 Å². The van der Waals surface area contributed by atoms with E-state index in [-0.39, 0.29) is 0 Å². The molecular formula is C14H29N3. The molecule has 0 aromatic carbocycles. The van der Waals surface area contributed by atoms with E-state index in [0.29, 0.717) is 12.1 Å². The Bertz CT molecular complexity index is 222. The van der Waals surface area contributed by atoms with E-state index in [1.807, 2.05) is 0 Å². The summed E-state index contributed by atoms with van der Waals surface area (Å²) in [6, 6.07) is 2.14. The van der Waals surface area contributed by atoms with Gasteiger partial charge in [0.1, 0.15) is 0 Å². The fourth-order valence-corrected chi connectivity index (χ4v) is 3.35. The Labute approximate surface area is 107 Å². The van der Waals surface area contributed by atoms with Crippen molar-refractivity contribution in [3.05, 3.63) is 0 Å². The number of rotatable bonds is 3. The van der Waals surface area contributed by atoms with E-state index < -0.39 is 0 Å². The van der Waals surface area contributed by atoms with Crippen molar-refractivity contribution < 1.29 is 0 Å². The second kappa shape index (κ2) is 6.17. The van der Waals surface area contributed by atoms with Crippen LogP contribution in [0.15, 0.2) is 0 Å². The normalized spacial score (nSPS) is 37.2. The van der Waals surface area contributed by atoms with Gasteiger partial charge in [0.05, 0.1) is 0 Å². The van der Waals surface area contributed by atoms with Gasteiger partial charge in [-0.15, -0.1) is 0 Å². The van der Waals surface area contributed by atoms with Crippen LogP contribution >= 0.6 is 0 Å². The number of nitrogens with one attached hydrogen (secondary N) is 1. The molecule has 0 spiro atoms. The lowest BCUT2D eigenvalue weighted by atomic mass is 9.99. The van der Waals surface area contributed by atoms with Gasteiger partial charge in [-0.2, -0.15) is 0 Å². The Kier molecular flexibility index (Phi) is 4.83. The summed E-state index contributed by atoms with van der Waals surface area (Å²) in [6.07, 6.45) is 8.23. The molecule has 2 rings (SSSR count). The van der Waals surface area contributed by atoms with E-state index in [1.54, 1.807) is 0 Å². The molecule has 0 aliphatic carbocycles. The number of nitrogens with zero attached hydrogens (tertiary/aromatic N) is 2. The first-order valence-electron chi connectivity index (χ1n) is 7.40. The third-order valence-electron chi connectivity index (χ3n) is 4.62. The molecule has 0 aromatic heterocycles. The third-order valence-corrected chi connectivity index (χ3v) is 4.62. The van der Waals surface area contributed by atoms with Gasteiger partial charge in [0.2, 0.25) is 0 Å². The molecule has 0 saturated carbocycles.